The minimum atomic E-state index is -3.96. The molecule has 0 aliphatic rings. The van der Waals surface area contributed by atoms with E-state index < -0.39 is 22.5 Å². The fourth-order valence-electron chi connectivity index (χ4n) is 3.32. The van der Waals surface area contributed by atoms with Gasteiger partial charge in [-0.2, -0.15) is 5.10 Å². The third-order valence-corrected chi connectivity index (χ3v) is 7.03. The second-order valence-corrected chi connectivity index (χ2v) is 10.1. The van der Waals surface area contributed by atoms with Crippen LogP contribution in [0.4, 0.5) is 5.69 Å². The standard InChI is InChI=1S/C26H29N3O3S/c1-19(2)23-14-12-22(13-15-23)17-27-28-26(30)18-29(25-16-20(3)10-11-21(25)4)33(31,32)24-8-6-5-7-9-24/h5-17,19H,18H2,1-4H3,(H,28,30)/b27-17-. The van der Waals surface area contributed by atoms with Crippen LogP contribution in [-0.4, -0.2) is 27.1 Å². The van der Waals surface area contributed by atoms with Gasteiger partial charge in [0.1, 0.15) is 6.54 Å². The van der Waals surface area contributed by atoms with Crippen LogP contribution in [0.3, 0.4) is 0 Å². The first kappa shape index (κ1) is 24.2. The zero-order chi connectivity index (χ0) is 24.0. The van der Waals surface area contributed by atoms with Gasteiger partial charge in [0, 0.05) is 0 Å². The number of rotatable bonds is 8. The van der Waals surface area contributed by atoms with E-state index in [-0.39, 0.29) is 4.90 Å². The SMILES string of the molecule is Cc1ccc(C)c(N(CC(=O)N/N=C\c2ccc(C(C)C)cc2)S(=O)(=O)c2ccccc2)c1. The van der Waals surface area contributed by atoms with Crippen molar-refractivity contribution < 1.29 is 13.2 Å². The van der Waals surface area contributed by atoms with Crippen molar-refractivity contribution in [3.05, 3.63) is 95.1 Å². The van der Waals surface area contributed by atoms with Crippen molar-refractivity contribution in [2.45, 2.75) is 38.5 Å². The Balaban J connectivity index is 1.83. The Morgan fingerprint density at radius 3 is 2.30 bits per heavy atom. The molecule has 172 valence electrons. The summed E-state index contributed by atoms with van der Waals surface area (Å²) < 4.78 is 28.0. The van der Waals surface area contributed by atoms with Gasteiger partial charge in [-0.25, -0.2) is 13.8 Å². The Morgan fingerprint density at radius 2 is 1.67 bits per heavy atom. The third kappa shape index (κ3) is 6.08. The summed E-state index contributed by atoms with van der Waals surface area (Å²) in [5, 5.41) is 4.01. The number of aryl methyl sites for hydroxylation is 2. The Labute approximate surface area is 196 Å². The lowest BCUT2D eigenvalue weighted by Crippen LogP contribution is -2.40. The Kier molecular flexibility index (Phi) is 7.66. The minimum Gasteiger partial charge on any atom is -0.271 e. The number of nitrogens with one attached hydrogen (secondary N) is 1. The monoisotopic (exact) mass is 463 g/mol. The van der Waals surface area contributed by atoms with Crippen molar-refractivity contribution in [1.29, 1.82) is 0 Å². The second-order valence-electron chi connectivity index (χ2n) is 8.23. The Hall–Kier alpha value is -3.45. The van der Waals surface area contributed by atoms with Gasteiger partial charge in [0.25, 0.3) is 15.9 Å². The van der Waals surface area contributed by atoms with Crippen LogP contribution >= 0.6 is 0 Å². The van der Waals surface area contributed by atoms with Gasteiger partial charge in [0.2, 0.25) is 0 Å². The molecule has 0 saturated heterocycles. The van der Waals surface area contributed by atoms with Crippen LogP contribution in [0.5, 0.6) is 0 Å². The van der Waals surface area contributed by atoms with Gasteiger partial charge in [0.05, 0.1) is 16.8 Å². The van der Waals surface area contributed by atoms with E-state index in [0.717, 1.165) is 21.0 Å². The molecule has 6 nitrogen and oxygen atoms in total. The van der Waals surface area contributed by atoms with Crippen LogP contribution in [0, 0.1) is 13.8 Å². The molecule has 0 saturated carbocycles. The lowest BCUT2D eigenvalue weighted by atomic mass is 10.0. The van der Waals surface area contributed by atoms with Crippen molar-refractivity contribution >= 4 is 27.8 Å². The number of hydrogen-bond acceptors (Lipinski definition) is 4. The molecule has 1 N–H and O–H groups in total. The van der Waals surface area contributed by atoms with Crippen LogP contribution in [0.25, 0.3) is 0 Å². The smallest absolute Gasteiger partial charge is 0.264 e. The highest BCUT2D eigenvalue weighted by Gasteiger charge is 2.28. The van der Waals surface area contributed by atoms with Gasteiger partial charge in [-0.15, -0.1) is 0 Å². The van der Waals surface area contributed by atoms with E-state index in [9.17, 15) is 13.2 Å². The highest BCUT2D eigenvalue weighted by molar-refractivity contribution is 7.92. The number of amides is 1. The number of hydrogen-bond donors (Lipinski definition) is 1. The summed E-state index contributed by atoms with van der Waals surface area (Å²) in [7, 11) is -3.96. The van der Waals surface area contributed by atoms with Crippen LogP contribution in [0.15, 0.2) is 82.8 Å². The molecule has 0 fully saturated rings. The first-order valence-electron chi connectivity index (χ1n) is 10.8. The molecule has 0 bridgehead atoms. The highest BCUT2D eigenvalue weighted by atomic mass is 32.2. The van der Waals surface area contributed by atoms with E-state index in [1.165, 1.54) is 23.9 Å². The maximum atomic E-state index is 13.4. The zero-order valence-corrected chi connectivity index (χ0v) is 20.1. The molecule has 0 aliphatic heterocycles. The molecule has 0 atom stereocenters. The van der Waals surface area contributed by atoms with Gasteiger partial charge in [0.15, 0.2) is 0 Å². The number of nitrogens with zero attached hydrogens (tertiary/aromatic N) is 2. The molecule has 0 radical (unpaired) electrons. The summed E-state index contributed by atoms with van der Waals surface area (Å²) >= 11 is 0. The first-order valence-corrected chi connectivity index (χ1v) is 12.2. The summed E-state index contributed by atoms with van der Waals surface area (Å²) in [5.74, 6) is -0.108. The quantitative estimate of drug-likeness (QED) is 0.386. The molecule has 3 aromatic rings. The molecule has 1 amide bonds. The molecule has 7 heteroatoms. The van der Waals surface area contributed by atoms with Gasteiger partial charge < -0.3 is 0 Å². The summed E-state index contributed by atoms with van der Waals surface area (Å²) in [5.41, 5.74) is 6.61. The lowest BCUT2D eigenvalue weighted by molar-refractivity contribution is -0.119. The topological polar surface area (TPSA) is 78.8 Å². The zero-order valence-electron chi connectivity index (χ0n) is 19.3. The van der Waals surface area contributed by atoms with Gasteiger partial charge in [-0.05, 0) is 60.2 Å². The maximum Gasteiger partial charge on any atom is 0.264 e. The van der Waals surface area contributed by atoms with Crippen LogP contribution < -0.4 is 9.73 Å². The van der Waals surface area contributed by atoms with Crippen molar-refractivity contribution in [3.8, 4) is 0 Å². The summed E-state index contributed by atoms with van der Waals surface area (Å²) in [6, 6.07) is 21.5. The summed E-state index contributed by atoms with van der Waals surface area (Å²) in [6.07, 6.45) is 1.54. The molecule has 3 rings (SSSR count). The number of hydrazone groups is 1. The minimum absolute atomic E-state index is 0.118. The average Bonchev–Trinajstić information content (AvgIpc) is 2.80. The predicted octanol–water partition coefficient (Wildman–Crippen LogP) is 4.77. The fourth-order valence-corrected chi connectivity index (χ4v) is 4.82. The van der Waals surface area contributed by atoms with E-state index in [2.05, 4.69) is 24.4 Å². The summed E-state index contributed by atoms with van der Waals surface area (Å²) in [4.78, 5) is 12.8. The molecule has 0 aromatic heterocycles. The van der Waals surface area contributed by atoms with E-state index in [4.69, 9.17) is 0 Å². The van der Waals surface area contributed by atoms with E-state index >= 15 is 0 Å². The highest BCUT2D eigenvalue weighted by Crippen LogP contribution is 2.27. The molecule has 0 spiro atoms. The summed E-state index contributed by atoms with van der Waals surface area (Å²) in [6.45, 7) is 7.54. The number of anilines is 1. The molecular formula is C26H29N3O3S. The van der Waals surface area contributed by atoms with Crippen LogP contribution in [0.2, 0.25) is 0 Å². The van der Waals surface area contributed by atoms with Gasteiger partial charge in [-0.1, -0.05) is 68.4 Å². The second kappa shape index (κ2) is 10.4. The molecule has 3 aromatic carbocycles. The third-order valence-electron chi connectivity index (χ3n) is 5.26. The van der Waals surface area contributed by atoms with Gasteiger partial charge >= 0.3 is 0 Å². The average molecular weight is 464 g/mol. The number of sulfonamides is 1. The molecule has 0 unspecified atom stereocenters. The lowest BCUT2D eigenvalue weighted by Gasteiger charge is -2.25. The molecular weight excluding hydrogens is 434 g/mol. The van der Waals surface area contributed by atoms with Crippen LogP contribution in [0.1, 0.15) is 42.0 Å². The first-order chi connectivity index (χ1) is 15.7. The van der Waals surface area contributed by atoms with Crippen molar-refractivity contribution in [1.82, 2.24) is 5.43 Å². The van der Waals surface area contributed by atoms with Crippen molar-refractivity contribution in [3.63, 3.8) is 0 Å². The molecule has 33 heavy (non-hydrogen) atoms. The maximum absolute atomic E-state index is 13.4. The Morgan fingerprint density at radius 1 is 1.00 bits per heavy atom. The predicted molar refractivity (Wildman–Crippen MR) is 133 cm³/mol. The van der Waals surface area contributed by atoms with E-state index in [0.29, 0.717) is 11.6 Å². The van der Waals surface area contributed by atoms with Crippen LogP contribution in [-0.2, 0) is 14.8 Å². The normalized spacial score (nSPS) is 11.7. The Bertz CT molecular complexity index is 1240. The van der Waals surface area contributed by atoms with Crippen molar-refractivity contribution in [2.75, 3.05) is 10.8 Å². The van der Waals surface area contributed by atoms with E-state index in [1.54, 1.807) is 24.3 Å². The molecule has 0 aliphatic carbocycles. The van der Waals surface area contributed by atoms with Gasteiger partial charge in [-0.3, -0.25) is 9.10 Å². The van der Waals surface area contributed by atoms with Crippen molar-refractivity contribution in [2.24, 2.45) is 5.10 Å². The number of carbonyl (C=O) groups excluding carboxylic acids is 1. The van der Waals surface area contributed by atoms with E-state index in [1.807, 2.05) is 50.2 Å². The number of carbonyl (C=O) groups is 1. The molecule has 0 heterocycles. The largest absolute Gasteiger partial charge is 0.271 e. The fraction of sp³-hybridized carbons (Fsp3) is 0.231. The number of benzene rings is 3.